The number of ether oxygens (including phenoxy) is 1. The average molecular weight is 361 g/mol. The van der Waals surface area contributed by atoms with Crippen molar-refractivity contribution in [2.45, 2.75) is 13.0 Å². The van der Waals surface area contributed by atoms with Gasteiger partial charge < -0.3 is 15.0 Å². The number of allylic oxidation sites excluding steroid dienone is 1. The zero-order valence-electron chi connectivity index (χ0n) is 10.7. The minimum absolute atomic E-state index is 0.257. The molecule has 2 heterocycles. The third-order valence-electron chi connectivity index (χ3n) is 3.03. The fourth-order valence-corrected chi connectivity index (χ4v) is 3.66. The second-order valence-corrected chi connectivity index (χ2v) is 6.34. The van der Waals surface area contributed by atoms with Gasteiger partial charge in [-0.2, -0.15) is 0 Å². The minimum Gasteiger partial charge on any atom is -0.466 e. The summed E-state index contributed by atoms with van der Waals surface area (Å²) in [5.41, 5.74) is 1.40. The van der Waals surface area contributed by atoms with Crippen molar-refractivity contribution in [3.63, 3.8) is 0 Å². The van der Waals surface area contributed by atoms with E-state index in [4.69, 9.17) is 17.0 Å². The molecule has 0 unspecified atom stereocenters. The topological polar surface area (TPSA) is 41.6 Å². The Morgan fingerprint density at radius 1 is 1.63 bits per heavy atom. The van der Waals surface area contributed by atoms with Crippen LogP contribution in [0.3, 0.4) is 0 Å². The maximum Gasteiger partial charge on any atom is 0.338 e. The molecule has 0 aliphatic carbocycles. The van der Waals surface area contributed by atoms with Crippen LogP contribution in [0.5, 0.6) is 0 Å². The van der Waals surface area contributed by atoms with Gasteiger partial charge in [-0.15, -0.1) is 11.3 Å². The number of carbonyl (C=O) groups excluding carboxylic acids is 1. The highest BCUT2D eigenvalue weighted by Crippen LogP contribution is 2.35. The van der Waals surface area contributed by atoms with Gasteiger partial charge in [-0.25, -0.2) is 4.79 Å². The Morgan fingerprint density at radius 2 is 2.32 bits per heavy atom. The van der Waals surface area contributed by atoms with Gasteiger partial charge >= 0.3 is 5.97 Å². The van der Waals surface area contributed by atoms with Crippen molar-refractivity contribution >= 4 is 50.6 Å². The summed E-state index contributed by atoms with van der Waals surface area (Å²) in [4.78, 5) is 14.8. The monoisotopic (exact) mass is 360 g/mol. The van der Waals surface area contributed by atoms with E-state index in [0.717, 1.165) is 15.0 Å². The van der Waals surface area contributed by atoms with Crippen LogP contribution in [-0.2, 0) is 9.53 Å². The maximum absolute atomic E-state index is 12.0. The second-order valence-electron chi connectivity index (χ2n) is 4.10. The number of carbonyl (C=O) groups is 1. The van der Waals surface area contributed by atoms with Crippen LogP contribution >= 0.6 is 39.5 Å². The highest BCUT2D eigenvalue weighted by Gasteiger charge is 2.33. The Hall–Kier alpha value is -0.920. The van der Waals surface area contributed by atoms with Crippen molar-refractivity contribution < 1.29 is 9.53 Å². The third kappa shape index (κ3) is 2.68. The molecule has 0 saturated carbocycles. The van der Waals surface area contributed by atoms with Crippen LogP contribution in [-0.4, -0.2) is 30.1 Å². The Balaban J connectivity index is 2.51. The summed E-state index contributed by atoms with van der Waals surface area (Å²) >= 11 is 10.3. The molecule has 2 rings (SSSR count). The Morgan fingerprint density at radius 3 is 2.84 bits per heavy atom. The van der Waals surface area contributed by atoms with Gasteiger partial charge in [-0.05, 0) is 41.1 Å². The number of nitrogens with zero attached hydrogens (tertiary/aromatic N) is 1. The van der Waals surface area contributed by atoms with Gasteiger partial charge in [-0.1, -0.05) is 0 Å². The molecule has 102 valence electrons. The Bertz CT molecular complexity index is 568. The normalized spacial score (nSPS) is 19.5. The van der Waals surface area contributed by atoms with Gasteiger partial charge in [0.1, 0.15) is 0 Å². The molecule has 0 radical (unpaired) electrons. The summed E-state index contributed by atoms with van der Waals surface area (Å²) < 4.78 is 5.88. The largest absolute Gasteiger partial charge is 0.466 e. The summed E-state index contributed by atoms with van der Waals surface area (Å²) in [5.74, 6) is -0.339. The highest BCUT2D eigenvalue weighted by atomic mass is 79.9. The molecular formula is C12H13BrN2O2S2. The lowest BCUT2D eigenvalue weighted by Gasteiger charge is -2.34. The molecule has 7 heteroatoms. The summed E-state index contributed by atoms with van der Waals surface area (Å²) in [6.07, 6.45) is 0. The zero-order chi connectivity index (χ0) is 14.2. The Labute approximate surface area is 129 Å². The fraction of sp³-hybridized carbons (Fsp3) is 0.333. The van der Waals surface area contributed by atoms with Crippen LogP contribution in [0.4, 0.5) is 0 Å². The molecule has 0 bridgehead atoms. The summed E-state index contributed by atoms with van der Waals surface area (Å²) in [7, 11) is 3.21. The number of esters is 1. The lowest BCUT2D eigenvalue weighted by Crippen LogP contribution is -2.45. The van der Waals surface area contributed by atoms with Crippen LogP contribution in [0.2, 0.25) is 0 Å². The molecule has 1 aliphatic heterocycles. The van der Waals surface area contributed by atoms with E-state index in [1.54, 1.807) is 16.2 Å². The first-order chi connectivity index (χ1) is 8.95. The van der Waals surface area contributed by atoms with Crippen LogP contribution < -0.4 is 5.32 Å². The molecule has 1 N–H and O–H groups in total. The molecule has 0 aromatic carbocycles. The number of hydrogen-bond donors (Lipinski definition) is 1. The predicted molar refractivity (Wildman–Crippen MR) is 83.0 cm³/mol. The molecule has 0 fully saturated rings. The van der Waals surface area contributed by atoms with Gasteiger partial charge in [0, 0.05) is 27.5 Å². The van der Waals surface area contributed by atoms with Gasteiger partial charge in [0.05, 0.1) is 18.7 Å². The molecule has 1 aromatic heterocycles. The quantitative estimate of drug-likeness (QED) is 0.648. The summed E-state index contributed by atoms with van der Waals surface area (Å²) in [5, 5.41) is 5.75. The molecule has 1 aliphatic rings. The Kier molecular flexibility index (Phi) is 4.27. The predicted octanol–water partition coefficient (Wildman–Crippen LogP) is 2.82. The van der Waals surface area contributed by atoms with Crippen LogP contribution in [0, 0.1) is 0 Å². The summed E-state index contributed by atoms with van der Waals surface area (Å²) in [6, 6.07) is 1.72. The smallest absolute Gasteiger partial charge is 0.338 e. The summed E-state index contributed by atoms with van der Waals surface area (Å²) in [6.45, 7) is 1.87. The van der Waals surface area contributed by atoms with Crippen molar-refractivity contribution in [3.8, 4) is 0 Å². The lowest BCUT2D eigenvalue weighted by atomic mass is 10.0. The maximum atomic E-state index is 12.0. The number of methoxy groups -OCH3 is 1. The van der Waals surface area contributed by atoms with E-state index < -0.39 is 0 Å². The minimum atomic E-state index is -0.339. The van der Waals surface area contributed by atoms with Gasteiger partial charge in [-0.3, -0.25) is 0 Å². The standard InChI is InChI=1S/C12H13BrN2O2S2/c1-6-9(11(16)17-3)10(14-12(18)15(6)2)8-4-7(13)5-19-8/h4-5,10H,1-3H3,(H,14,18)/t10-/m1/s1. The van der Waals surface area contributed by atoms with Crippen LogP contribution in [0.15, 0.2) is 27.2 Å². The SMILES string of the molecule is COC(=O)C1=C(C)N(C)C(=S)N[C@@H]1c1cc(Br)cs1. The van der Waals surface area contributed by atoms with Gasteiger partial charge in [0.25, 0.3) is 0 Å². The van der Waals surface area contributed by atoms with Crippen molar-refractivity contribution in [2.75, 3.05) is 14.2 Å². The van der Waals surface area contributed by atoms with E-state index in [9.17, 15) is 4.79 Å². The fourth-order valence-electron chi connectivity index (χ4n) is 1.90. The molecule has 19 heavy (non-hydrogen) atoms. The van der Waals surface area contributed by atoms with E-state index in [1.807, 2.05) is 25.4 Å². The van der Waals surface area contributed by atoms with Gasteiger partial charge in [0.15, 0.2) is 5.11 Å². The first-order valence-corrected chi connectivity index (χ1v) is 7.61. The third-order valence-corrected chi connectivity index (χ3v) is 5.18. The van der Waals surface area contributed by atoms with Crippen LogP contribution in [0.1, 0.15) is 17.8 Å². The number of thiocarbonyl (C=S) groups is 1. The molecule has 0 saturated heterocycles. The first kappa shape index (κ1) is 14.5. The van der Waals surface area contributed by atoms with Crippen molar-refractivity contribution in [3.05, 3.63) is 32.1 Å². The molecule has 0 amide bonds. The number of hydrogen-bond acceptors (Lipinski definition) is 4. The number of thiophene rings is 1. The molecule has 4 nitrogen and oxygen atoms in total. The number of nitrogens with one attached hydrogen (secondary N) is 1. The average Bonchev–Trinajstić information content (AvgIpc) is 2.81. The van der Waals surface area contributed by atoms with Crippen molar-refractivity contribution in [1.29, 1.82) is 0 Å². The van der Waals surface area contributed by atoms with Crippen molar-refractivity contribution in [1.82, 2.24) is 10.2 Å². The van der Waals surface area contributed by atoms with Gasteiger partial charge in [0.2, 0.25) is 0 Å². The molecular weight excluding hydrogens is 348 g/mol. The van der Waals surface area contributed by atoms with Crippen LogP contribution in [0.25, 0.3) is 0 Å². The van der Waals surface area contributed by atoms with Crippen molar-refractivity contribution in [2.24, 2.45) is 0 Å². The number of rotatable bonds is 2. The number of halogens is 1. The van der Waals surface area contributed by atoms with E-state index in [2.05, 4.69) is 21.2 Å². The molecule has 0 spiro atoms. The first-order valence-electron chi connectivity index (χ1n) is 5.53. The van der Waals surface area contributed by atoms with E-state index in [0.29, 0.717) is 10.7 Å². The lowest BCUT2D eigenvalue weighted by molar-refractivity contribution is -0.136. The van der Waals surface area contributed by atoms with E-state index in [-0.39, 0.29) is 12.0 Å². The van der Waals surface area contributed by atoms with E-state index in [1.165, 1.54) is 7.11 Å². The highest BCUT2D eigenvalue weighted by molar-refractivity contribution is 9.10. The van der Waals surface area contributed by atoms with E-state index >= 15 is 0 Å². The zero-order valence-corrected chi connectivity index (χ0v) is 13.9. The molecule has 1 aromatic rings. The second kappa shape index (κ2) is 5.60. The molecule has 1 atom stereocenters.